The van der Waals surface area contributed by atoms with Gasteiger partial charge in [-0.05, 0) is 48.6 Å². The Balaban J connectivity index is 1.71. The number of anilines is 1. The van der Waals surface area contributed by atoms with E-state index in [1.165, 1.54) is 6.07 Å². The molecule has 0 fully saturated rings. The average Bonchev–Trinajstić information content (AvgIpc) is 2.60. The number of halogens is 1. The Labute approximate surface area is 135 Å². The summed E-state index contributed by atoms with van der Waals surface area (Å²) >= 11 is 0. The SMILES string of the molecule is N#Cc1ccc(CCC(=O)N2CCCc3cccc(F)c32)cc1. The molecular weight excluding hydrogens is 291 g/mol. The number of fused-ring (bicyclic) bond motifs is 1. The molecule has 0 saturated heterocycles. The highest BCUT2D eigenvalue weighted by Crippen LogP contribution is 2.30. The van der Waals surface area contributed by atoms with E-state index < -0.39 is 0 Å². The maximum Gasteiger partial charge on any atom is 0.227 e. The first-order chi connectivity index (χ1) is 11.2. The van der Waals surface area contributed by atoms with Crippen molar-refractivity contribution < 1.29 is 9.18 Å². The summed E-state index contributed by atoms with van der Waals surface area (Å²) in [4.78, 5) is 14.1. The average molecular weight is 308 g/mol. The van der Waals surface area contributed by atoms with Crippen molar-refractivity contribution in [1.82, 2.24) is 0 Å². The van der Waals surface area contributed by atoms with E-state index in [-0.39, 0.29) is 11.7 Å². The first kappa shape index (κ1) is 15.2. The molecule has 2 aromatic rings. The third-order valence-electron chi connectivity index (χ3n) is 4.18. The minimum atomic E-state index is -0.325. The number of nitriles is 1. The fraction of sp³-hybridized carbons (Fsp3) is 0.263. The maximum atomic E-state index is 14.1. The van der Waals surface area contributed by atoms with E-state index in [0.29, 0.717) is 30.6 Å². The highest BCUT2D eigenvalue weighted by molar-refractivity contribution is 5.94. The van der Waals surface area contributed by atoms with Gasteiger partial charge >= 0.3 is 0 Å². The highest BCUT2D eigenvalue weighted by Gasteiger charge is 2.25. The van der Waals surface area contributed by atoms with Crippen molar-refractivity contribution in [2.45, 2.75) is 25.7 Å². The monoisotopic (exact) mass is 308 g/mol. The van der Waals surface area contributed by atoms with Crippen LogP contribution in [-0.2, 0) is 17.6 Å². The topological polar surface area (TPSA) is 44.1 Å². The van der Waals surface area contributed by atoms with Crippen molar-refractivity contribution in [2.75, 3.05) is 11.4 Å². The maximum absolute atomic E-state index is 14.1. The Bertz CT molecular complexity index is 762. The molecule has 0 spiro atoms. The smallest absolute Gasteiger partial charge is 0.227 e. The largest absolute Gasteiger partial charge is 0.309 e. The molecule has 0 radical (unpaired) electrons. The van der Waals surface area contributed by atoms with Crippen LogP contribution in [-0.4, -0.2) is 12.5 Å². The molecule has 0 aliphatic carbocycles. The van der Waals surface area contributed by atoms with Crippen LogP contribution >= 0.6 is 0 Å². The van der Waals surface area contributed by atoms with Crippen LogP contribution in [0.5, 0.6) is 0 Å². The molecular formula is C19H17FN2O. The van der Waals surface area contributed by atoms with E-state index in [1.807, 2.05) is 18.2 Å². The van der Waals surface area contributed by atoms with Gasteiger partial charge in [0.1, 0.15) is 5.82 Å². The number of rotatable bonds is 3. The van der Waals surface area contributed by atoms with Crippen molar-refractivity contribution in [3.8, 4) is 6.07 Å². The predicted octanol–water partition coefficient (Wildman–Crippen LogP) is 3.61. The third kappa shape index (κ3) is 3.24. The van der Waals surface area contributed by atoms with E-state index >= 15 is 0 Å². The second-order valence-corrected chi connectivity index (χ2v) is 5.71. The second kappa shape index (κ2) is 6.62. The predicted molar refractivity (Wildman–Crippen MR) is 86.6 cm³/mol. The summed E-state index contributed by atoms with van der Waals surface area (Å²) in [5.74, 6) is -0.380. The van der Waals surface area contributed by atoms with Crippen LogP contribution in [0.25, 0.3) is 0 Å². The van der Waals surface area contributed by atoms with Gasteiger partial charge in [-0.2, -0.15) is 5.26 Å². The van der Waals surface area contributed by atoms with Gasteiger partial charge in [-0.1, -0.05) is 24.3 Å². The number of amides is 1. The van der Waals surface area contributed by atoms with Crippen molar-refractivity contribution in [3.05, 3.63) is 65.0 Å². The third-order valence-corrected chi connectivity index (χ3v) is 4.18. The Morgan fingerprint density at radius 3 is 2.74 bits per heavy atom. The summed E-state index contributed by atoms with van der Waals surface area (Å²) in [6, 6.07) is 14.3. The van der Waals surface area contributed by atoms with Gasteiger partial charge in [0.15, 0.2) is 0 Å². The normalized spacial score (nSPS) is 13.3. The summed E-state index contributed by atoms with van der Waals surface area (Å²) in [6.07, 6.45) is 2.59. The molecule has 0 bridgehead atoms. The molecule has 0 aromatic heterocycles. The van der Waals surface area contributed by atoms with Gasteiger partial charge in [0.2, 0.25) is 5.91 Å². The lowest BCUT2D eigenvalue weighted by Crippen LogP contribution is -2.36. The first-order valence-electron chi connectivity index (χ1n) is 7.76. The summed E-state index contributed by atoms with van der Waals surface area (Å²) in [6.45, 7) is 0.570. The summed E-state index contributed by atoms with van der Waals surface area (Å²) in [5.41, 5.74) is 2.96. The minimum Gasteiger partial charge on any atom is -0.309 e. The molecule has 3 nitrogen and oxygen atoms in total. The van der Waals surface area contributed by atoms with Crippen LogP contribution in [0.1, 0.15) is 29.5 Å². The Kier molecular flexibility index (Phi) is 4.38. The molecule has 2 aromatic carbocycles. The van der Waals surface area contributed by atoms with Crippen LogP contribution in [0.2, 0.25) is 0 Å². The van der Waals surface area contributed by atoms with Crippen LogP contribution in [0.4, 0.5) is 10.1 Å². The Morgan fingerprint density at radius 1 is 1.22 bits per heavy atom. The molecule has 23 heavy (non-hydrogen) atoms. The molecule has 1 heterocycles. The lowest BCUT2D eigenvalue weighted by atomic mass is 10.00. The minimum absolute atomic E-state index is 0.0552. The van der Waals surface area contributed by atoms with E-state index in [2.05, 4.69) is 6.07 Å². The van der Waals surface area contributed by atoms with Crippen molar-refractivity contribution in [3.63, 3.8) is 0 Å². The number of hydrogen-bond acceptors (Lipinski definition) is 2. The van der Waals surface area contributed by atoms with Gasteiger partial charge in [0, 0.05) is 13.0 Å². The molecule has 4 heteroatoms. The fourth-order valence-electron chi connectivity index (χ4n) is 2.99. The molecule has 1 aliphatic heterocycles. The number of aryl methyl sites for hydroxylation is 2. The number of para-hydroxylation sites is 1. The molecule has 1 amide bonds. The first-order valence-corrected chi connectivity index (χ1v) is 7.76. The van der Waals surface area contributed by atoms with Gasteiger partial charge in [-0.25, -0.2) is 4.39 Å². The van der Waals surface area contributed by atoms with Crippen molar-refractivity contribution in [1.29, 1.82) is 5.26 Å². The van der Waals surface area contributed by atoms with Crippen LogP contribution < -0.4 is 4.90 Å². The zero-order valence-electron chi connectivity index (χ0n) is 12.8. The summed E-state index contributed by atoms with van der Waals surface area (Å²) in [5, 5.41) is 8.79. The van der Waals surface area contributed by atoms with Gasteiger partial charge in [-0.15, -0.1) is 0 Å². The van der Waals surface area contributed by atoms with Crippen LogP contribution in [0, 0.1) is 17.1 Å². The lowest BCUT2D eigenvalue weighted by molar-refractivity contribution is -0.118. The lowest BCUT2D eigenvalue weighted by Gasteiger charge is -2.30. The highest BCUT2D eigenvalue weighted by atomic mass is 19.1. The van der Waals surface area contributed by atoms with Gasteiger partial charge in [0.05, 0.1) is 17.3 Å². The molecule has 0 saturated carbocycles. The number of carbonyl (C=O) groups is 1. The molecule has 0 atom stereocenters. The summed E-state index contributed by atoms with van der Waals surface area (Å²) in [7, 11) is 0. The number of carbonyl (C=O) groups excluding carboxylic acids is 1. The Morgan fingerprint density at radius 2 is 2.00 bits per heavy atom. The molecule has 116 valence electrons. The Hall–Kier alpha value is -2.67. The van der Waals surface area contributed by atoms with E-state index in [0.717, 1.165) is 24.0 Å². The number of nitrogens with zero attached hydrogens (tertiary/aromatic N) is 2. The second-order valence-electron chi connectivity index (χ2n) is 5.71. The van der Waals surface area contributed by atoms with Crippen LogP contribution in [0.3, 0.4) is 0 Å². The van der Waals surface area contributed by atoms with E-state index in [4.69, 9.17) is 5.26 Å². The van der Waals surface area contributed by atoms with E-state index in [1.54, 1.807) is 23.1 Å². The summed E-state index contributed by atoms with van der Waals surface area (Å²) < 4.78 is 14.1. The van der Waals surface area contributed by atoms with Gasteiger partial charge < -0.3 is 4.90 Å². The zero-order chi connectivity index (χ0) is 16.2. The standard InChI is InChI=1S/C19H17FN2O/c20-17-5-1-3-16-4-2-12-22(19(16)17)18(23)11-10-14-6-8-15(13-21)9-7-14/h1,3,5-9H,2,4,10-12H2. The van der Waals surface area contributed by atoms with E-state index in [9.17, 15) is 9.18 Å². The van der Waals surface area contributed by atoms with Crippen molar-refractivity contribution >= 4 is 11.6 Å². The van der Waals surface area contributed by atoms with Gasteiger partial charge in [-0.3, -0.25) is 4.79 Å². The molecule has 1 aliphatic rings. The molecule has 0 N–H and O–H groups in total. The number of hydrogen-bond donors (Lipinski definition) is 0. The molecule has 3 rings (SSSR count). The molecule has 0 unspecified atom stereocenters. The fourth-order valence-corrected chi connectivity index (χ4v) is 2.99. The van der Waals surface area contributed by atoms with Crippen LogP contribution in [0.15, 0.2) is 42.5 Å². The van der Waals surface area contributed by atoms with Crippen molar-refractivity contribution in [2.24, 2.45) is 0 Å². The zero-order valence-corrected chi connectivity index (χ0v) is 12.8. The quantitative estimate of drug-likeness (QED) is 0.869. The van der Waals surface area contributed by atoms with Gasteiger partial charge in [0.25, 0.3) is 0 Å². The number of benzene rings is 2.